The first-order chi connectivity index (χ1) is 15.8. The molecule has 1 amide bonds. The standard InChI is InChI=1S/C23H26N4O6/c1-14-12-17-20(25-14)24-13-27(22(17)30)11-10-15-4-6-16(7-5-15)21(29)26-18(23(31)33-3)8-9-19(28)32-2/h4-7,12-13,18,25H,8-11H2,1-3H3,(H,26,29)/t18-/m0/s1. The van der Waals surface area contributed by atoms with Gasteiger partial charge in [0.25, 0.3) is 11.5 Å². The van der Waals surface area contributed by atoms with Gasteiger partial charge in [0, 0.05) is 24.2 Å². The number of rotatable bonds is 9. The van der Waals surface area contributed by atoms with Crippen LogP contribution in [0.4, 0.5) is 0 Å². The Bertz CT molecular complexity index is 1210. The molecule has 0 unspecified atom stereocenters. The molecule has 3 aromatic rings. The van der Waals surface area contributed by atoms with Gasteiger partial charge in [0.05, 0.1) is 25.9 Å². The lowest BCUT2D eigenvalue weighted by Gasteiger charge is -2.16. The van der Waals surface area contributed by atoms with Crippen LogP contribution >= 0.6 is 0 Å². The third kappa shape index (κ3) is 5.85. The minimum atomic E-state index is -0.965. The highest BCUT2D eigenvalue weighted by molar-refractivity contribution is 5.96. The highest BCUT2D eigenvalue weighted by atomic mass is 16.5. The van der Waals surface area contributed by atoms with Crippen LogP contribution in [-0.2, 0) is 32.0 Å². The lowest BCUT2D eigenvalue weighted by atomic mass is 10.1. The first-order valence-electron chi connectivity index (χ1n) is 10.4. The number of benzene rings is 1. The Morgan fingerprint density at radius 3 is 2.55 bits per heavy atom. The van der Waals surface area contributed by atoms with Gasteiger partial charge < -0.3 is 19.8 Å². The molecule has 1 aromatic carbocycles. The Hall–Kier alpha value is -3.95. The van der Waals surface area contributed by atoms with E-state index in [1.807, 2.05) is 6.92 Å². The first kappa shape index (κ1) is 23.7. The zero-order valence-electron chi connectivity index (χ0n) is 18.7. The number of aromatic amines is 1. The van der Waals surface area contributed by atoms with E-state index in [0.717, 1.165) is 11.3 Å². The van der Waals surface area contributed by atoms with Crippen LogP contribution in [0.25, 0.3) is 11.0 Å². The number of aromatic nitrogens is 3. The molecular weight excluding hydrogens is 428 g/mol. The Kier molecular flexibility index (Phi) is 7.60. The molecule has 0 spiro atoms. The molecule has 0 radical (unpaired) electrons. The Morgan fingerprint density at radius 1 is 1.15 bits per heavy atom. The quantitative estimate of drug-likeness (QED) is 0.468. The Morgan fingerprint density at radius 2 is 1.88 bits per heavy atom. The SMILES string of the molecule is COC(=O)CC[C@H](NC(=O)c1ccc(CCn2cnc3[nH]c(C)cc3c2=O)cc1)C(=O)OC. The fourth-order valence-electron chi connectivity index (χ4n) is 3.40. The van der Waals surface area contributed by atoms with E-state index < -0.39 is 23.9 Å². The predicted molar refractivity (Wildman–Crippen MR) is 120 cm³/mol. The number of hydrogen-bond acceptors (Lipinski definition) is 7. The summed E-state index contributed by atoms with van der Waals surface area (Å²) in [5.74, 6) is -1.59. The highest BCUT2D eigenvalue weighted by Crippen LogP contribution is 2.10. The molecule has 3 rings (SSSR count). The summed E-state index contributed by atoms with van der Waals surface area (Å²) >= 11 is 0. The summed E-state index contributed by atoms with van der Waals surface area (Å²) in [5.41, 5.74) is 2.62. The third-order valence-corrected chi connectivity index (χ3v) is 5.26. The van der Waals surface area contributed by atoms with E-state index in [4.69, 9.17) is 4.74 Å². The van der Waals surface area contributed by atoms with E-state index in [2.05, 4.69) is 20.0 Å². The average molecular weight is 454 g/mol. The molecule has 10 heteroatoms. The molecule has 2 heterocycles. The zero-order valence-corrected chi connectivity index (χ0v) is 18.7. The van der Waals surface area contributed by atoms with Gasteiger partial charge >= 0.3 is 11.9 Å². The minimum absolute atomic E-state index is 0.0299. The lowest BCUT2D eigenvalue weighted by Crippen LogP contribution is -2.41. The van der Waals surface area contributed by atoms with Crippen molar-refractivity contribution in [2.75, 3.05) is 14.2 Å². The second-order valence-electron chi connectivity index (χ2n) is 7.57. The number of hydrogen-bond donors (Lipinski definition) is 2. The number of methoxy groups -OCH3 is 2. The van der Waals surface area contributed by atoms with Crippen molar-refractivity contribution in [1.29, 1.82) is 0 Å². The number of aryl methyl sites for hydroxylation is 3. The summed E-state index contributed by atoms with van der Waals surface area (Å²) in [7, 11) is 2.46. The van der Waals surface area contributed by atoms with E-state index in [1.54, 1.807) is 34.9 Å². The van der Waals surface area contributed by atoms with E-state index >= 15 is 0 Å². The maximum atomic E-state index is 12.6. The molecule has 0 aliphatic carbocycles. The number of amides is 1. The number of H-pyrrole nitrogens is 1. The van der Waals surface area contributed by atoms with Crippen molar-refractivity contribution in [3.8, 4) is 0 Å². The van der Waals surface area contributed by atoms with E-state index in [-0.39, 0.29) is 18.4 Å². The lowest BCUT2D eigenvalue weighted by molar-refractivity contribution is -0.144. The van der Waals surface area contributed by atoms with E-state index in [9.17, 15) is 19.2 Å². The van der Waals surface area contributed by atoms with Gasteiger partial charge in [-0.15, -0.1) is 0 Å². The summed E-state index contributed by atoms with van der Waals surface area (Å²) in [6, 6.07) is 7.66. The normalized spacial score (nSPS) is 11.7. The van der Waals surface area contributed by atoms with Crippen molar-refractivity contribution in [3.63, 3.8) is 0 Å². The van der Waals surface area contributed by atoms with Gasteiger partial charge in [-0.05, 0) is 43.5 Å². The summed E-state index contributed by atoms with van der Waals surface area (Å²) < 4.78 is 10.8. The molecule has 1 atom stereocenters. The maximum Gasteiger partial charge on any atom is 0.328 e. The number of fused-ring (bicyclic) bond motifs is 1. The summed E-state index contributed by atoms with van der Waals surface area (Å²) in [6.07, 6.45) is 2.13. The molecule has 174 valence electrons. The summed E-state index contributed by atoms with van der Waals surface area (Å²) in [6.45, 7) is 2.31. The number of nitrogens with one attached hydrogen (secondary N) is 2. The van der Waals surface area contributed by atoms with E-state index in [0.29, 0.717) is 29.6 Å². The highest BCUT2D eigenvalue weighted by Gasteiger charge is 2.23. The molecule has 33 heavy (non-hydrogen) atoms. The maximum absolute atomic E-state index is 12.6. The summed E-state index contributed by atoms with van der Waals surface area (Å²) in [4.78, 5) is 55.8. The third-order valence-electron chi connectivity index (χ3n) is 5.26. The fraction of sp³-hybridized carbons (Fsp3) is 0.348. The van der Waals surface area contributed by atoms with Gasteiger partial charge in [0.1, 0.15) is 11.7 Å². The van der Waals surface area contributed by atoms with Crippen LogP contribution in [0.2, 0.25) is 0 Å². The molecule has 0 saturated heterocycles. The average Bonchev–Trinajstić information content (AvgIpc) is 3.21. The van der Waals surface area contributed by atoms with Crippen molar-refractivity contribution < 1.29 is 23.9 Å². The van der Waals surface area contributed by atoms with Gasteiger partial charge in [0.2, 0.25) is 0 Å². The van der Waals surface area contributed by atoms with Crippen molar-refractivity contribution in [3.05, 3.63) is 63.8 Å². The number of ether oxygens (including phenoxy) is 2. The van der Waals surface area contributed by atoms with Crippen LogP contribution in [0.15, 0.2) is 41.5 Å². The molecule has 2 N–H and O–H groups in total. The number of carbonyl (C=O) groups is 3. The van der Waals surface area contributed by atoms with Gasteiger partial charge in [0.15, 0.2) is 0 Å². The molecule has 0 bridgehead atoms. The van der Waals surface area contributed by atoms with Crippen LogP contribution in [0.5, 0.6) is 0 Å². The second-order valence-corrected chi connectivity index (χ2v) is 7.57. The van der Waals surface area contributed by atoms with Gasteiger partial charge in [-0.25, -0.2) is 9.78 Å². The number of esters is 2. The molecule has 10 nitrogen and oxygen atoms in total. The van der Waals surface area contributed by atoms with Gasteiger partial charge in [-0.2, -0.15) is 0 Å². The molecule has 0 saturated carbocycles. The van der Waals surface area contributed by atoms with Crippen LogP contribution < -0.4 is 10.9 Å². The molecular formula is C23H26N4O6. The van der Waals surface area contributed by atoms with Crippen LogP contribution in [-0.4, -0.2) is 52.6 Å². The van der Waals surface area contributed by atoms with Crippen molar-refractivity contribution >= 4 is 28.9 Å². The zero-order chi connectivity index (χ0) is 24.0. The van der Waals surface area contributed by atoms with Gasteiger partial charge in [-0.1, -0.05) is 12.1 Å². The van der Waals surface area contributed by atoms with Crippen LogP contribution in [0.1, 0.15) is 34.5 Å². The topological polar surface area (TPSA) is 132 Å². The van der Waals surface area contributed by atoms with E-state index in [1.165, 1.54) is 20.5 Å². The second kappa shape index (κ2) is 10.6. The molecule has 0 aliphatic rings. The van der Waals surface area contributed by atoms with Crippen molar-refractivity contribution in [1.82, 2.24) is 19.9 Å². The molecule has 0 aliphatic heterocycles. The van der Waals surface area contributed by atoms with Gasteiger partial charge in [-0.3, -0.25) is 19.0 Å². The Labute approximate surface area is 189 Å². The minimum Gasteiger partial charge on any atom is -0.469 e. The number of nitrogens with zero attached hydrogens (tertiary/aromatic N) is 2. The van der Waals surface area contributed by atoms with Crippen molar-refractivity contribution in [2.45, 2.75) is 38.8 Å². The first-order valence-corrected chi connectivity index (χ1v) is 10.4. The van der Waals surface area contributed by atoms with Crippen LogP contribution in [0, 0.1) is 6.92 Å². The van der Waals surface area contributed by atoms with Crippen molar-refractivity contribution in [2.24, 2.45) is 0 Å². The predicted octanol–water partition coefficient (Wildman–Crippen LogP) is 1.50. The fourth-order valence-corrected chi connectivity index (χ4v) is 3.40. The molecule has 2 aromatic heterocycles. The summed E-state index contributed by atoms with van der Waals surface area (Å²) in [5, 5.41) is 3.14. The van der Waals surface area contributed by atoms with Crippen LogP contribution in [0.3, 0.4) is 0 Å². The monoisotopic (exact) mass is 454 g/mol. The molecule has 0 fully saturated rings. The smallest absolute Gasteiger partial charge is 0.328 e. The largest absolute Gasteiger partial charge is 0.469 e. The Balaban J connectivity index is 1.62. The number of carbonyl (C=O) groups excluding carboxylic acids is 3.